The highest BCUT2D eigenvalue weighted by molar-refractivity contribution is 5.82. The van der Waals surface area contributed by atoms with Crippen LogP contribution in [-0.2, 0) is 6.54 Å². The zero-order valence-electron chi connectivity index (χ0n) is 11.9. The summed E-state index contributed by atoms with van der Waals surface area (Å²) in [5.74, 6) is 0. The maximum Gasteiger partial charge on any atom is 0.0205 e. The molecule has 2 rings (SSSR count). The van der Waals surface area contributed by atoms with Gasteiger partial charge in [-0.25, -0.2) is 0 Å². The number of fused-ring (bicyclic) bond motifs is 1. The van der Waals surface area contributed by atoms with Crippen LogP contribution < -0.4 is 11.1 Å². The summed E-state index contributed by atoms with van der Waals surface area (Å²) in [5.41, 5.74) is 7.25. The number of nitrogens with two attached hydrogens (primary N) is 1. The maximum atomic E-state index is 5.96. The van der Waals surface area contributed by atoms with Crippen molar-refractivity contribution in [3.63, 3.8) is 0 Å². The van der Waals surface area contributed by atoms with Gasteiger partial charge in [-0.15, -0.1) is 0 Å². The van der Waals surface area contributed by atoms with Gasteiger partial charge < -0.3 is 11.1 Å². The molecule has 0 atom stereocenters. The molecule has 0 saturated carbocycles. The van der Waals surface area contributed by atoms with Gasteiger partial charge >= 0.3 is 0 Å². The van der Waals surface area contributed by atoms with Crippen LogP contribution in [0.1, 0.15) is 32.3 Å². The normalized spacial score (nSPS) is 11.9. The molecule has 2 heteroatoms. The molecule has 2 aromatic carbocycles. The molecule has 3 N–H and O–H groups in total. The minimum absolute atomic E-state index is 0.0510. The lowest BCUT2D eigenvalue weighted by molar-refractivity contribution is 0.448. The summed E-state index contributed by atoms with van der Waals surface area (Å²) >= 11 is 0. The van der Waals surface area contributed by atoms with E-state index in [0.717, 1.165) is 25.9 Å². The Morgan fingerprint density at radius 1 is 1.05 bits per heavy atom. The molecule has 0 radical (unpaired) electrons. The first-order valence-electron chi connectivity index (χ1n) is 7.02. The topological polar surface area (TPSA) is 38.0 Å². The fourth-order valence-electron chi connectivity index (χ4n) is 2.25. The Hall–Kier alpha value is -1.38. The minimum atomic E-state index is -0.0510. The van der Waals surface area contributed by atoms with Crippen molar-refractivity contribution in [2.24, 2.45) is 5.73 Å². The lowest BCUT2D eigenvalue weighted by Crippen LogP contribution is -2.32. The smallest absolute Gasteiger partial charge is 0.0205 e. The molecule has 19 heavy (non-hydrogen) atoms. The zero-order valence-corrected chi connectivity index (χ0v) is 11.9. The van der Waals surface area contributed by atoms with Crippen molar-refractivity contribution < 1.29 is 0 Å². The van der Waals surface area contributed by atoms with Crippen molar-refractivity contribution in [3.05, 3.63) is 48.0 Å². The van der Waals surface area contributed by atoms with Gasteiger partial charge in [0.2, 0.25) is 0 Å². The molecule has 0 heterocycles. The van der Waals surface area contributed by atoms with E-state index in [1.165, 1.54) is 16.3 Å². The second-order valence-electron chi connectivity index (χ2n) is 5.95. The fraction of sp³-hybridized carbons (Fsp3) is 0.412. The molecule has 0 amide bonds. The number of hydrogen-bond donors (Lipinski definition) is 2. The molecule has 0 aromatic heterocycles. The van der Waals surface area contributed by atoms with Crippen LogP contribution in [0.3, 0.4) is 0 Å². The Morgan fingerprint density at radius 2 is 1.79 bits per heavy atom. The summed E-state index contributed by atoms with van der Waals surface area (Å²) in [5, 5.41) is 6.10. The van der Waals surface area contributed by atoms with Gasteiger partial charge in [0.25, 0.3) is 0 Å². The number of rotatable bonds is 6. The average Bonchev–Trinajstić information content (AvgIpc) is 2.37. The predicted octanol–water partition coefficient (Wildman–Crippen LogP) is 3.45. The average molecular weight is 256 g/mol. The predicted molar refractivity (Wildman–Crippen MR) is 83.2 cm³/mol. The van der Waals surface area contributed by atoms with Crippen LogP contribution in [0.5, 0.6) is 0 Å². The van der Waals surface area contributed by atoms with Crippen LogP contribution in [0, 0.1) is 0 Å². The Bertz CT molecular complexity index is 526. The van der Waals surface area contributed by atoms with E-state index in [9.17, 15) is 0 Å². The van der Waals surface area contributed by atoms with Crippen molar-refractivity contribution >= 4 is 10.8 Å². The van der Waals surface area contributed by atoms with E-state index in [0.29, 0.717) is 0 Å². The van der Waals surface area contributed by atoms with Gasteiger partial charge in [-0.3, -0.25) is 0 Å². The van der Waals surface area contributed by atoms with E-state index in [1.807, 2.05) is 0 Å². The van der Waals surface area contributed by atoms with E-state index in [1.54, 1.807) is 0 Å². The molecule has 2 aromatic rings. The van der Waals surface area contributed by atoms with Crippen molar-refractivity contribution in [1.82, 2.24) is 5.32 Å². The molecule has 102 valence electrons. The van der Waals surface area contributed by atoms with Gasteiger partial charge in [0, 0.05) is 12.1 Å². The van der Waals surface area contributed by atoms with E-state index >= 15 is 0 Å². The van der Waals surface area contributed by atoms with Crippen LogP contribution >= 0.6 is 0 Å². The monoisotopic (exact) mass is 256 g/mol. The van der Waals surface area contributed by atoms with Crippen LogP contribution in [0.25, 0.3) is 10.8 Å². The molecule has 0 aliphatic heterocycles. The van der Waals surface area contributed by atoms with E-state index in [-0.39, 0.29) is 5.54 Å². The highest BCUT2D eigenvalue weighted by atomic mass is 14.8. The Labute approximate surface area is 116 Å². The summed E-state index contributed by atoms with van der Waals surface area (Å²) in [4.78, 5) is 0. The van der Waals surface area contributed by atoms with E-state index in [4.69, 9.17) is 5.73 Å². The first-order valence-corrected chi connectivity index (χ1v) is 7.02. The molecule has 0 unspecified atom stereocenters. The van der Waals surface area contributed by atoms with Gasteiger partial charge in [0.1, 0.15) is 0 Å². The largest absolute Gasteiger partial charge is 0.326 e. The summed E-state index contributed by atoms with van der Waals surface area (Å²) in [7, 11) is 0. The highest BCUT2D eigenvalue weighted by Gasteiger charge is 2.08. The first-order chi connectivity index (χ1) is 9.04. The molecular weight excluding hydrogens is 232 g/mol. The molecular formula is C17H24N2. The lowest BCUT2D eigenvalue weighted by atomic mass is 10.0. The summed E-state index contributed by atoms with van der Waals surface area (Å²) in [6, 6.07) is 15.1. The molecule has 0 saturated heterocycles. The van der Waals surface area contributed by atoms with Crippen molar-refractivity contribution in [2.45, 2.75) is 38.8 Å². The number of benzene rings is 2. The summed E-state index contributed by atoms with van der Waals surface area (Å²) in [6.07, 6.45) is 2.18. The van der Waals surface area contributed by atoms with Crippen LogP contribution in [0.2, 0.25) is 0 Å². The lowest BCUT2D eigenvalue weighted by Gasteiger charge is -2.18. The van der Waals surface area contributed by atoms with Crippen LogP contribution in [0.4, 0.5) is 0 Å². The van der Waals surface area contributed by atoms with Crippen molar-refractivity contribution in [2.75, 3.05) is 6.54 Å². The van der Waals surface area contributed by atoms with Gasteiger partial charge in [0.15, 0.2) is 0 Å². The van der Waals surface area contributed by atoms with Gasteiger partial charge in [-0.1, -0.05) is 36.4 Å². The van der Waals surface area contributed by atoms with Gasteiger partial charge in [0.05, 0.1) is 0 Å². The van der Waals surface area contributed by atoms with Crippen molar-refractivity contribution in [1.29, 1.82) is 0 Å². The third-order valence-corrected chi connectivity index (χ3v) is 3.32. The SMILES string of the molecule is CC(C)(N)CCCNCc1ccc2ccccc2c1. The second kappa shape index (κ2) is 6.18. The molecule has 2 nitrogen and oxygen atoms in total. The molecule has 0 aliphatic carbocycles. The molecule has 0 aliphatic rings. The first kappa shape index (κ1) is 14.0. The zero-order chi connectivity index (χ0) is 13.7. The third-order valence-electron chi connectivity index (χ3n) is 3.32. The van der Waals surface area contributed by atoms with E-state index in [2.05, 4.69) is 61.6 Å². The second-order valence-corrected chi connectivity index (χ2v) is 5.95. The van der Waals surface area contributed by atoms with E-state index < -0.39 is 0 Å². The molecule has 0 fully saturated rings. The maximum absolute atomic E-state index is 5.96. The molecule has 0 spiro atoms. The number of hydrogen-bond acceptors (Lipinski definition) is 2. The fourth-order valence-corrected chi connectivity index (χ4v) is 2.25. The molecule has 0 bridgehead atoms. The van der Waals surface area contributed by atoms with Crippen LogP contribution in [-0.4, -0.2) is 12.1 Å². The summed E-state index contributed by atoms with van der Waals surface area (Å²) in [6.45, 7) is 6.11. The third kappa shape index (κ3) is 4.66. The summed E-state index contributed by atoms with van der Waals surface area (Å²) < 4.78 is 0. The Morgan fingerprint density at radius 3 is 2.53 bits per heavy atom. The highest BCUT2D eigenvalue weighted by Crippen LogP contribution is 2.15. The number of nitrogens with one attached hydrogen (secondary N) is 1. The van der Waals surface area contributed by atoms with Gasteiger partial charge in [-0.05, 0) is 55.6 Å². The standard InChI is InChI=1S/C17H24N2/c1-17(2,18)10-5-11-19-13-14-8-9-15-6-3-4-7-16(15)12-14/h3-4,6-9,12,19H,5,10-11,13,18H2,1-2H3. The van der Waals surface area contributed by atoms with Crippen LogP contribution in [0.15, 0.2) is 42.5 Å². The Balaban J connectivity index is 1.82. The van der Waals surface area contributed by atoms with Gasteiger partial charge in [-0.2, -0.15) is 0 Å². The van der Waals surface area contributed by atoms with Crippen molar-refractivity contribution in [3.8, 4) is 0 Å². The Kier molecular flexibility index (Phi) is 4.56. The minimum Gasteiger partial charge on any atom is -0.326 e. The quantitative estimate of drug-likeness (QED) is 0.777.